The fraction of sp³-hybridized carbons (Fsp3) is 0.393. The van der Waals surface area contributed by atoms with Crippen molar-refractivity contribution in [2.75, 3.05) is 90.4 Å². The van der Waals surface area contributed by atoms with Crippen LogP contribution in [0.1, 0.15) is 71.4 Å². The molecule has 6 aromatic rings. The first-order valence-corrected chi connectivity index (χ1v) is 25.8. The van der Waals surface area contributed by atoms with Crippen LogP contribution in [-0.4, -0.2) is 175 Å². The first kappa shape index (κ1) is 52.9. The highest BCUT2D eigenvalue weighted by molar-refractivity contribution is 6.04. The number of amides is 5. The quantitative estimate of drug-likeness (QED) is 0.141. The van der Waals surface area contributed by atoms with Crippen molar-refractivity contribution < 1.29 is 33.1 Å². The zero-order chi connectivity index (χ0) is 53.3. The lowest BCUT2D eigenvalue weighted by molar-refractivity contribution is -0.134. The van der Waals surface area contributed by atoms with Gasteiger partial charge >= 0.3 is 6.09 Å². The molecule has 0 atom stereocenters. The van der Waals surface area contributed by atoms with Crippen LogP contribution in [0, 0.1) is 11.7 Å². The van der Waals surface area contributed by atoms with E-state index in [1.54, 1.807) is 84.3 Å². The summed E-state index contributed by atoms with van der Waals surface area (Å²) in [5, 5.41) is 10.9. The van der Waals surface area contributed by atoms with Gasteiger partial charge in [-0.05, 0) is 81.0 Å². The molecule has 3 aromatic heterocycles. The number of nitrogens with zero attached hydrogens (tertiary/aromatic N) is 10. The number of carbonyl (C=O) groups is 5. The van der Waals surface area contributed by atoms with Crippen LogP contribution in [0.4, 0.5) is 14.9 Å². The predicted octanol–water partition coefficient (Wildman–Crippen LogP) is 5.34. The molecule has 19 nitrogen and oxygen atoms in total. The van der Waals surface area contributed by atoms with Gasteiger partial charge in [-0.25, -0.2) is 29.2 Å². The second kappa shape index (κ2) is 23.7. The highest BCUT2D eigenvalue weighted by atomic mass is 19.1. The van der Waals surface area contributed by atoms with Gasteiger partial charge in [0.1, 0.15) is 24.3 Å². The second-order valence-electron chi connectivity index (χ2n) is 20.6. The number of hydrogen-bond donors (Lipinski definition) is 2. The van der Waals surface area contributed by atoms with Crippen LogP contribution >= 0.6 is 0 Å². The van der Waals surface area contributed by atoms with Crippen molar-refractivity contribution in [3.8, 4) is 11.1 Å². The summed E-state index contributed by atoms with van der Waals surface area (Å²) in [4.78, 5) is 105. The number of H-pyrrole nitrogens is 1. The summed E-state index contributed by atoms with van der Waals surface area (Å²) in [7, 11) is 0. The zero-order valence-corrected chi connectivity index (χ0v) is 43.1. The lowest BCUT2D eigenvalue weighted by Gasteiger charge is -2.40. The summed E-state index contributed by atoms with van der Waals surface area (Å²) in [6.45, 7) is 11.4. The van der Waals surface area contributed by atoms with Crippen molar-refractivity contribution in [1.29, 1.82) is 0 Å². The molecule has 0 aliphatic carbocycles. The highest BCUT2D eigenvalue weighted by Gasteiger charge is 2.32. The van der Waals surface area contributed by atoms with E-state index in [0.717, 1.165) is 51.1 Å². The van der Waals surface area contributed by atoms with Crippen LogP contribution < -0.4 is 10.9 Å². The minimum absolute atomic E-state index is 0.000320. The molecule has 0 saturated carbocycles. The molecule has 76 heavy (non-hydrogen) atoms. The number of anilines is 1. The first-order valence-electron chi connectivity index (χ1n) is 25.8. The van der Waals surface area contributed by atoms with E-state index in [1.165, 1.54) is 17.3 Å². The van der Waals surface area contributed by atoms with Gasteiger partial charge in [-0.2, -0.15) is 5.10 Å². The van der Waals surface area contributed by atoms with E-state index in [0.29, 0.717) is 71.8 Å². The number of benzene rings is 3. The lowest BCUT2D eigenvalue weighted by atomic mass is 9.95. The molecule has 9 rings (SSSR count). The van der Waals surface area contributed by atoms with Crippen molar-refractivity contribution in [3.63, 3.8) is 0 Å². The lowest BCUT2D eigenvalue weighted by Crippen LogP contribution is -2.55. The third-order valence-corrected chi connectivity index (χ3v) is 14.0. The SMILES string of the molecule is CC(C)(C)OC(=O)N(CC(=O)Nc1cc(-c2ccccc2)cnc1C(=O)N1CCC(CN2CCN(CC(=O)N3CCN(C(=O)c4cc(Cc5n[nH]c(=O)c6ccccc56)ccc4F)CC3)CC2)CC1)Cc1ccncn1. The smallest absolute Gasteiger partial charge is 0.411 e. The molecular formula is C56H63FN12O7. The number of fused-ring (bicyclic) bond motifs is 1. The molecule has 0 spiro atoms. The van der Waals surface area contributed by atoms with Gasteiger partial charge in [0.25, 0.3) is 17.4 Å². The molecule has 0 bridgehead atoms. The molecule has 6 heterocycles. The number of pyridine rings is 1. The Bertz CT molecular complexity index is 3110. The Kier molecular flexibility index (Phi) is 16.5. The van der Waals surface area contributed by atoms with Crippen LogP contribution in [0.25, 0.3) is 21.9 Å². The van der Waals surface area contributed by atoms with E-state index in [4.69, 9.17) is 4.74 Å². The molecule has 396 valence electrons. The molecular weight excluding hydrogens is 972 g/mol. The maximum Gasteiger partial charge on any atom is 0.411 e. The van der Waals surface area contributed by atoms with Crippen molar-refractivity contribution >= 4 is 46.2 Å². The molecule has 3 aromatic carbocycles. The van der Waals surface area contributed by atoms with E-state index >= 15 is 4.39 Å². The Morgan fingerprint density at radius 1 is 0.763 bits per heavy atom. The van der Waals surface area contributed by atoms with E-state index in [1.807, 2.05) is 42.5 Å². The Hall–Kier alpha value is -7.97. The van der Waals surface area contributed by atoms with Gasteiger partial charge in [-0.15, -0.1) is 0 Å². The fourth-order valence-electron chi connectivity index (χ4n) is 9.93. The van der Waals surface area contributed by atoms with Gasteiger partial charge in [-0.3, -0.25) is 33.8 Å². The Morgan fingerprint density at radius 3 is 2.16 bits per heavy atom. The number of aromatic amines is 1. The molecule has 3 aliphatic heterocycles. The summed E-state index contributed by atoms with van der Waals surface area (Å²) < 4.78 is 20.8. The van der Waals surface area contributed by atoms with Gasteiger partial charge in [0.2, 0.25) is 11.8 Å². The summed E-state index contributed by atoms with van der Waals surface area (Å²) in [6, 6.07) is 24.5. The minimum Gasteiger partial charge on any atom is -0.444 e. The van der Waals surface area contributed by atoms with E-state index in [2.05, 4.69) is 40.3 Å². The molecule has 2 N–H and O–H groups in total. The molecule has 0 radical (unpaired) electrons. The van der Waals surface area contributed by atoms with Crippen LogP contribution in [0.2, 0.25) is 0 Å². The van der Waals surface area contributed by atoms with Crippen molar-refractivity contribution in [2.24, 2.45) is 5.92 Å². The van der Waals surface area contributed by atoms with Gasteiger partial charge < -0.3 is 29.7 Å². The van der Waals surface area contributed by atoms with Crippen LogP contribution in [-0.2, 0) is 27.3 Å². The van der Waals surface area contributed by atoms with Gasteiger partial charge in [-0.1, -0.05) is 54.6 Å². The van der Waals surface area contributed by atoms with Crippen molar-refractivity contribution in [3.05, 3.63) is 148 Å². The normalized spacial score (nSPS) is 15.9. The van der Waals surface area contributed by atoms with Crippen LogP contribution in [0.5, 0.6) is 0 Å². The summed E-state index contributed by atoms with van der Waals surface area (Å²) >= 11 is 0. The van der Waals surface area contributed by atoms with Gasteiger partial charge in [0.15, 0.2) is 5.69 Å². The average Bonchev–Trinajstić information content (AvgIpc) is 3.42. The Labute approximate surface area is 440 Å². The fourth-order valence-corrected chi connectivity index (χ4v) is 9.93. The summed E-state index contributed by atoms with van der Waals surface area (Å²) in [6.07, 6.45) is 5.74. The van der Waals surface area contributed by atoms with Crippen molar-refractivity contribution in [1.82, 2.24) is 54.5 Å². The highest BCUT2D eigenvalue weighted by Crippen LogP contribution is 2.28. The van der Waals surface area contributed by atoms with Crippen LogP contribution in [0.3, 0.4) is 0 Å². The van der Waals surface area contributed by atoms with Gasteiger partial charge in [0.05, 0.1) is 41.1 Å². The number of piperazine rings is 2. The number of carbonyl (C=O) groups excluding carboxylic acids is 5. The summed E-state index contributed by atoms with van der Waals surface area (Å²) in [5.41, 5.74) is 2.58. The predicted molar refractivity (Wildman–Crippen MR) is 283 cm³/mol. The maximum atomic E-state index is 15.1. The average molecular weight is 1040 g/mol. The molecule has 3 aliphatic rings. The van der Waals surface area contributed by atoms with E-state index < -0.39 is 29.3 Å². The zero-order valence-electron chi connectivity index (χ0n) is 43.1. The minimum atomic E-state index is -0.810. The molecule has 20 heteroatoms. The number of halogens is 1. The van der Waals surface area contributed by atoms with Crippen LogP contribution in [0.15, 0.2) is 108 Å². The van der Waals surface area contributed by atoms with E-state index in [9.17, 15) is 28.8 Å². The Morgan fingerprint density at radius 2 is 1.45 bits per heavy atom. The third kappa shape index (κ3) is 13.3. The third-order valence-electron chi connectivity index (χ3n) is 14.0. The number of hydrogen-bond acceptors (Lipinski definition) is 13. The monoisotopic (exact) mass is 1030 g/mol. The molecule has 3 fully saturated rings. The molecule has 5 amide bonds. The largest absolute Gasteiger partial charge is 0.444 e. The number of piperidine rings is 1. The maximum absolute atomic E-state index is 15.1. The number of rotatable bonds is 14. The van der Waals surface area contributed by atoms with Gasteiger partial charge in [0, 0.05) is 102 Å². The number of aromatic nitrogens is 5. The number of likely N-dealkylation sites (tertiary alicyclic amines) is 1. The summed E-state index contributed by atoms with van der Waals surface area (Å²) in [5.74, 6) is -1.53. The molecule has 3 saturated heterocycles. The number of nitrogens with one attached hydrogen (secondary N) is 2. The second-order valence-corrected chi connectivity index (χ2v) is 20.6. The molecule has 0 unspecified atom stereocenters. The number of ether oxygens (including phenoxy) is 1. The topological polar surface area (TPSA) is 210 Å². The first-order chi connectivity index (χ1) is 36.6. The Balaban J connectivity index is 0.737. The standard InChI is InChI=1S/C56H63FN12O7/c1-56(2,3)76-55(75)69(34-42-15-18-58-37-60-42)35-49(70)61-48-31-41(40-9-5-4-6-10-40)32-59-51(48)54(74)67-19-16-38(17-20-67)33-64-21-23-65(24-22-64)36-50(71)66-25-27-68(28-26-66)53(73)45-29-39(13-14-46(45)57)30-47-43-11-7-8-12-44(43)52(72)63-62-47/h4-15,18,29,31-32,37-38H,16-17,19-28,30,33-36H2,1-3H3,(H,61,70)(H,63,72). The van der Waals surface area contributed by atoms with E-state index in [-0.39, 0.29) is 67.0 Å². The van der Waals surface area contributed by atoms with Crippen molar-refractivity contribution in [2.45, 2.75) is 52.2 Å².